The first kappa shape index (κ1) is 106. The maximum absolute atomic E-state index is 12.3. The van der Waals surface area contributed by atoms with Crippen molar-refractivity contribution >= 4 is 71.3 Å². The molecule has 18 rings (SSSR count). The predicted molar refractivity (Wildman–Crippen MR) is 504 cm³/mol. The zero-order valence-corrected chi connectivity index (χ0v) is 83.6. The van der Waals surface area contributed by atoms with E-state index < -0.39 is 108 Å². The largest absolute Gasteiger partial charge is 0.477 e. The second kappa shape index (κ2) is 42.3. The van der Waals surface area contributed by atoms with Crippen LogP contribution in [0, 0.1) is 101 Å². The van der Waals surface area contributed by atoms with Gasteiger partial charge < -0.3 is 101 Å². The number of carbonyl (C=O) groups excluding carboxylic acids is 6. The molecule has 0 saturated carbocycles. The number of aliphatic carboxylic acids is 6. The highest BCUT2D eigenvalue weighted by Gasteiger charge is 2.66. The number of likely N-dealkylation sites (tertiary alicyclic amines) is 6. The second-order valence-electron chi connectivity index (χ2n) is 43.7. The van der Waals surface area contributed by atoms with E-state index in [0.29, 0.717) is 80.6 Å². The minimum absolute atomic E-state index is 0.0145. The van der Waals surface area contributed by atoms with Gasteiger partial charge in [0, 0.05) is 132 Å². The third-order valence-corrected chi connectivity index (χ3v) is 33.8. The van der Waals surface area contributed by atoms with Gasteiger partial charge in [-0.3, -0.25) is 58.2 Å². The topological polar surface area (TPSA) is 516 Å². The number of likely N-dealkylation sites (N-methyl/N-ethyl adjacent to an activating group) is 1. The van der Waals surface area contributed by atoms with Gasteiger partial charge in [0.05, 0.1) is 108 Å². The Morgan fingerprint density at radius 2 is 0.507 bits per heavy atom. The number of carboxylic acids is 6. The van der Waals surface area contributed by atoms with Gasteiger partial charge in [-0.25, -0.2) is 28.8 Å². The van der Waals surface area contributed by atoms with Crippen LogP contribution in [-0.2, 0) is 57.5 Å². The SMILES string of the molecule is C=C(N)C[C@H]1CCN(CC2=C(C(=O)O)N3C(=O)C([C@@H](C)O)C3[C@H]2C)C1.CC[C@H]1CCN(CC2=C(C(=O)O)N3C(=O)C([C@@H](C)O)C3[C@H]2C)C1.C[C@@H](O)C1C(=O)N2C(C(=O)O)=C(CN3CC[C@H](N(C)C)C3)[C@H](C)C12.C[C@H]1CCN(CC2=C(C(=O)O)N3C(=O)C([C@@H](C)O)C3[C@H]2C)C1.C[C@H]1CCN(CC2=C(C(=O)O)N3C(=O)C([C@@H](C)O)C3[C@H]2C)C1.C[C@H]1CCN(CC2=C(C(=O)O)N3C(=O)C([C@@H](C)O)C3[C@H]2C)C1. The summed E-state index contributed by atoms with van der Waals surface area (Å²) in [5.41, 5.74) is 12.2. The first-order valence-electron chi connectivity index (χ1n) is 50.1. The number of hydrogen-bond donors (Lipinski definition) is 13. The van der Waals surface area contributed by atoms with Gasteiger partial charge >= 0.3 is 35.8 Å². The van der Waals surface area contributed by atoms with Gasteiger partial charge in [-0.15, -0.1) is 0 Å². The van der Waals surface area contributed by atoms with E-state index in [1.807, 2.05) is 41.5 Å². The molecule has 18 heterocycles. The highest BCUT2D eigenvalue weighted by Crippen LogP contribution is 2.55. The fourth-order valence-electron chi connectivity index (χ4n) is 26.4. The zero-order valence-electron chi connectivity index (χ0n) is 83.6. The van der Waals surface area contributed by atoms with Gasteiger partial charge in [0.2, 0.25) is 35.4 Å². The molecule has 766 valence electrons. The van der Waals surface area contributed by atoms with Crippen LogP contribution in [0.2, 0.25) is 0 Å². The summed E-state index contributed by atoms with van der Waals surface area (Å²) in [5, 5.41) is 117. The minimum atomic E-state index is -1.06. The number of aliphatic hydroxyl groups is 6. The quantitative estimate of drug-likeness (QED) is 0.0501. The van der Waals surface area contributed by atoms with Gasteiger partial charge in [0.25, 0.3) is 0 Å². The number of hydrogen-bond acceptors (Lipinski definition) is 26. The van der Waals surface area contributed by atoms with Gasteiger partial charge in [-0.05, 0) is 196 Å². The number of carbonyl (C=O) groups is 12. The van der Waals surface area contributed by atoms with Crippen molar-refractivity contribution in [1.29, 1.82) is 0 Å². The van der Waals surface area contributed by atoms with Gasteiger partial charge in [-0.1, -0.05) is 82.2 Å². The number of amides is 6. The van der Waals surface area contributed by atoms with E-state index in [9.17, 15) is 119 Å². The number of fused-ring (bicyclic) bond motifs is 6. The minimum Gasteiger partial charge on any atom is -0.477 e. The number of carboxylic acid groups (broad SMARTS) is 6. The second-order valence-corrected chi connectivity index (χ2v) is 43.7. The Kier molecular flexibility index (Phi) is 32.6. The molecular formula is C100H152N14O24. The molecular weight excluding hydrogens is 1780 g/mol. The van der Waals surface area contributed by atoms with Crippen molar-refractivity contribution in [2.45, 2.75) is 241 Å². The summed E-state index contributed by atoms with van der Waals surface area (Å²) >= 11 is 0. The van der Waals surface area contributed by atoms with Crippen LogP contribution in [0.5, 0.6) is 0 Å². The van der Waals surface area contributed by atoms with E-state index in [1.165, 1.54) is 29.4 Å². The summed E-state index contributed by atoms with van der Waals surface area (Å²) in [4.78, 5) is 168. The highest BCUT2D eigenvalue weighted by atomic mass is 16.4. The van der Waals surface area contributed by atoms with Crippen molar-refractivity contribution in [3.8, 4) is 0 Å². The van der Waals surface area contributed by atoms with Crippen molar-refractivity contribution in [3.05, 3.63) is 79.9 Å². The molecule has 12 unspecified atom stereocenters. The Hall–Kier alpha value is -8.90. The lowest BCUT2D eigenvalue weighted by molar-refractivity contribution is -0.163. The molecule has 14 N–H and O–H groups in total. The summed E-state index contributed by atoms with van der Waals surface area (Å²) in [6.45, 7) is 49.0. The van der Waals surface area contributed by atoms with Crippen LogP contribution in [0.4, 0.5) is 0 Å². The molecule has 38 heteroatoms. The Balaban J connectivity index is 0.000000140. The first-order chi connectivity index (χ1) is 64.8. The summed E-state index contributed by atoms with van der Waals surface area (Å²) in [5.74, 6) is -7.80. The molecule has 12 saturated heterocycles. The lowest BCUT2D eigenvalue weighted by Crippen LogP contribution is -2.63. The normalized spacial score (nSPS) is 35.5. The molecule has 0 aromatic heterocycles. The molecule has 6 amide bonds. The molecule has 12 fully saturated rings. The highest BCUT2D eigenvalue weighted by molar-refractivity contribution is 6.04. The third kappa shape index (κ3) is 19.8. The van der Waals surface area contributed by atoms with Crippen molar-refractivity contribution in [3.63, 3.8) is 0 Å². The van der Waals surface area contributed by atoms with Crippen molar-refractivity contribution in [2.24, 2.45) is 106 Å². The molecule has 0 radical (unpaired) electrons. The monoisotopic (exact) mass is 1930 g/mol. The third-order valence-electron chi connectivity index (χ3n) is 33.8. The summed E-state index contributed by atoms with van der Waals surface area (Å²) in [6, 6.07) is -0.773. The average Bonchev–Trinajstić information content (AvgIpc) is 1.58. The molecule has 0 spiro atoms. The van der Waals surface area contributed by atoms with Crippen molar-refractivity contribution < 1.29 is 119 Å². The van der Waals surface area contributed by atoms with Crippen LogP contribution in [0.15, 0.2) is 79.9 Å². The van der Waals surface area contributed by atoms with E-state index in [-0.39, 0.29) is 141 Å². The summed E-state index contributed by atoms with van der Waals surface area (Å²) < 4.78 is 0. The van der Waals surface area contributed by atoms with Crippen LogP contribution < -0.4 is 5.73 Å². The number of nitrogens with two attached hydrogens (primary N) is 1. The maximum Gasteiger partial charge on any atom is 0.352 e. The predicted octanol–water partition coefficient (Wildman–Crippen LogP) is 2.67. The van der Waals surface area contributed by atoms with Crippen LogP contribution in [0.25, 0.3) is 0 Å². The summed E-state index contributed by atoms with van der Waals surface area (Å²) in [7, 11) is 4.12. The standard InChI is InChI=1S/C18H27N3O4.C17H27N3O4.C17H26N2O4.3C16H24N2O4/c1-9(19)6-12-4-5-20(7-12)8-13-10(2)15-14(11(3)22)17(23)21(15)16(13)18(24)25;1-9-12(8-19-6-5-11(7-19)18(3)4)15(17(23)24)20-14(9)13(10(2)21)16(20)22;1-4-11-5-6-18(7-11)8-12-9(2)14-13(10(3)20)16(21)19(14)15(12)17(22)23;3*1-8-4-5-17(6-8)7-11-9(2)13-12(10(3)19)15(20)18(13)14(11)16(21)22/h10-12,14-15,22H,1,4-8,19H2,2-3H3,(H,24,25);9-11,13-14,21H,5-8H2,1-4H3,(H,23,24);9-11,13-14,20H,4-8H2,1-3H3,(H,22,23);3*8-10,12-13,19H,4-7H2,1-3H3,(H,21,22)/t10-,11+,12+,14?,15?;2*9-,10+,11-,13?,14?;3*8-,9-,10+,12?,13?/m000000/s1. The smallest absolute Gasteiger partial charge is 0.352 e. The first-order valence-corrected chi connectivity index (χ1v) is 50.1. The molecule has 30 atom stereocenters. The van der Waals surface area contributed by atoms with E-state index in [4.69, 9.17) is 5.73 Å². The molecule has 0 bridgehead atoms. The van der Waals surface area contributed by atoms with E-state index in [2.05, 4.69) is 82.7 Å². The van der Waals surface area contributed by atoms with Crippen molar-refractivity contribution in [1.82, 2.24) is 63.7 Å². The maximum atomic E-state index is 12.3. The molecule has 138 heavy (non-hydrogen) atoms. The Morgan fingerprint density at radius 3 is 0.674 bits per heavy atom. The van der Waals surface area contributed by atoms with Crippen LogP contribution in [0.3, 0.4) is 0 Å². The van der Waals surface area contributed by atoms with Crippen LogP contribution in [0.1, 0.15) is 162 Å². The number of allylic oxidation sites excluding steroid dienone is 1. The van der Waals surface area contributed by atoms with Crippen molar-refractivity contribution in [2.75, 3.05) is 132 Å². The van der Waals surface area contributed by atoms with Crippen LogP contribution in [-0.4, -0.2) is 407 Å². The number of β-lactam (4-membered cyclic amide) rings is 6. The van der Waals surface area contributed by atoms with E-state index in [0.717, 1.165) is 163 Å². The van der Waals surface area contributed by atoms with Crippen LogP contribution >= 0.6 is 0 Å². The van der Waals surface area contributed by atoms with Gasteiger partial charge in [0.1, 0.15) is 34.2 Å². The number of nitrogens with zero attached hydrogens (tertiary/aromatic N) is 13. The average molecular weight is 1930 g/mol. The lowest BCUT2D eigenvalue weighted by Gasteiger charge is -2.46. The molecule has 18 aliphatic heterocycles. The fourth-order valence-corrected chi connectivity index (χ4v) is 26.4. The Bertz CT molecular complexity index is 4730. The molecule has 0 aromatic carbocycles. The zero-order chi connectivity index (χ0) is 102. The summed E-state index contributed by atoms with van der Waals surface area (Å²) in [6.07, 6.45) is 4.10. The van der Waals surface area contributed by atoms with Gasteiger partial charge in [0.15, 0.2) is 0 Å². The molecule has 0 aromatic rings. The van der Waals surface area contributed by atoms with Gasteiger partial charge in [-0.2, -0.15) is 0 Å². The number of aliphatic hydroxyl groups excluding tert-OH is 6. The molecule has 0 aliphatic carbocycles. The van der Waals surface area contributed by atoms with E-state index >= 15 is 0 Å². The lowest BCUT2D eigenvalue weighted by atomic mass is 9.77. The Labute approximate surface area is 809 Å². The fraction of sp³-hybridized carbons (Fsp3) is 0.740. The van der Waals surface area contributed by atoms with E-state index in [1.54, 1.807) is 41.5 Å². The Morgan fingerprint density at radius 1 is 0.319 bits per heavy atom. The molecule has 18 aliphatic rings. The number of rotatable bonds is 28. The molecule has 38 nitrogen and oxygen atoms in total.